The number of carbonyl (C=O) groups excluding carboxylic acids is 1. The summed E-state index contributed by atoms with van der Waals surface area (Å²) in [6.07, 6.45) is 8.57. The van der Waals surface area contributed by atoms with Gasteiger partial charge in [-0.05, 0) is 31.6 Å². The number of hydrogen-bond acceptors (Lipinski definition) is 2. The number of carbonyl (C=O) groups is 1. The number of nitrogens with one attached hydrogen (secondary N) is 1. The van der Waals surface area contributed by atoms with E-state index in [1.807, 2.05) is 0 Å². The van der Waals surface area contributed by atoms with Crippen LogP contribution in [0.3, 0.4) is 0 Å². The molecule has 0 saturated heterocycles. The highest BCUT2D eigenvalue weighted by atomic mass is 16.1. The second-order valence-corrected chi connectivity index (χ2v) is 5.61. The van der Waals surface area contributed by atoms with Crippen molar-refractivity contribution in [2.75, 3.05) is 6.54 Å². The van der Waals surface area contributed by atoms with Crippen molar-refractivity contribution < 1.29 is 4.79 Å². The molecule has 1 unspecified atom stereocenters. The first kappa shape index (κ1) is 14.5. The van der Waals surface area contributed by atoms with Crippen LogP contribution in [0.1, 0.15) is 65.2 Å². The normalized spacial score (nSPS) is 19.5. The summed E-state index contributed by atoms with van der Waals surface area (Å²) >= 11 is 0. The van der Waals surface area contributed by atoms with Gasteiger partial charge in [-0.1, -0.05) is 33.1 Å². The first-order valence-corrected chi connectivity index (χ1v) is 7.15. The van der Waals surface area contributed by atoms with E-state index in [0.29, 0.717) is 12.3 Å². The summed E-state index contributed by atoms with van der Waals surface area (Å²) in [6, 6.07) is 0. The Hall–Kier alpha value is -0.570. The summed E-state index contributed by atoms with van der Waals surface area (Å²) in [7, 11) is 0. The molecule has 1 aliphatic rings. The van der Waals surface area contributed by atoms with Crippen LogP contribution in [-0.4, -0.2) is 18.0 Å². The van der Waals surface area contributed by atoms with Crippen LogP contribution in [0, 0.1) is 5.92 Å². The van der Waals surface area contributed by atoms with Gasteiger partial charge in [0.1, 0.15) is 0 Å². The molecule has 3 N–H and O–H groups in total. The molecule has 1 fully saturated rings. The Kier molecular flexibility index (Phi) is 5.96. The topological polar surface area (TPSA) is 55.1 Å². The SMILES string of the molecule is CCCCC(CC)CNC(=O)CC1(N)CCC1. The maximum Gasteiger partial charge on any atom is 0.221 e. The molecule has 0 aliphatic heterocycles. The fraction of sp³-hybridized carbons (Fsp3) is 0.929. The van der Waals surface area contributed by atoms with Gasteiger partial charge < -0.3 is 11.1 Å². The summed E-state index contributed by atoms with van der Waals surface area (Å²) in [6.45, 7) is 5.23. The number of rotatable bonds is 8. The lowest BCUT2D eigenvalue weighted by Gasteiger charge is -2.37. The van der Waals surface area contributed by atoms with Crippen LogP contribution in [0.2, 0.25) is 0 Å². The van der Waals surface area contributed by atoms with Crippen molar-refractivity contribution in [1.82, 2.24) is 5.32 Å². The molecule has 0 aromatic rings. The van der Waals surface area contributed by atoms with E-state index >= 15 is 0 Å². The van der Waals surface area contributed by atoms with Gasteiger partial charge in [-0.2, -0.15) is 0 Å². The monoisotopic (exact) mass is 240 g/mol. The largest absolute Gasteiger partial charge is 0.356 e. The van der Waals surface area contributed by atoms with Crippen molar-refractivity contribution in [1.29, 1.82) is 0 Å². The molecular formula is C14H28N2O. The molecule has 17 heavy (non-hydrogen) atoms. The molecule has 1 rings (SSSR count). The number of unbranched alkanes of at least 4 members (excludes halogenated alkanes) is 1. The Morgan fingerprint density at radius 1 is 1.41 bits per heavy atom. The summed E-state index contributed by atoms with van der Waals surface area (Å²) in [5.74, 6) is 0.774. The molecule has 1 atom stereocenters. The second-order valence-electron chi connectivity index (χ2n) is 5.61. The van der Waals surface area contributed by atoms with E-state index in [2.05, 4.69) is 19.2 Å². The van der Waals surface area contributed by atoms with Crippen LogP contribution in [0.15, 0.2) is 0 Å². The van der Waals surface area contributed by atoms with E-state index in [-0.39, 0.29) is 11.4 Å². The predicted octanol–water partition coefficient (Wildman–Crippen LogP) is 2.59. The third-order valence-electron chi connectivity index (χ3n) is 3.99. The second kappa shape index (κ2) is 7.00. The molecule has 0 aromatic heterocycles. The standard InChI is InChI=1S/C14H28N2O/c1-3-5-7-12(4-2)11-16-13(17)10-14(15)8-6-9-14/h12H,3-11,15H2,1-2H3,(H,16,17). The highest BCUT2D eigenvalue weighted by molar-refractivity contribution is 5.77. The van der Waals surface area contributed by atoms with E-state index in [1.54, 1.807) is 0 Å². The zero-order valence-electron chi connectivity index (χ0n) is 11.4. The third-order valence-corrected chi connectivity index (χ3v) is 3.99. The summed E-state index contributed by atoms with van der Waals surface area (Å²) in [4.78, 5) is 11.8. The van der Waals surface area contributed by atoms with Crippen molar-refractivity contribution in [2.24, 2.45) is 11.7 Å². The molecule has 0 radical (unpaired) electrons. The quantitative estimate of drug-likeness (QED) is 0.685. The minimum absolute atomic E-state index is 0.141. The predicted molar refractivity (Wildman–Crippen MR) is 71.7 cm³/mol. The van der Waals surface area contributed by atoms with Crippen molar-refractivity contribution in [3.8, 4) is 0 Å². The number of nitrogens with two attached hydrogens (primary N) is 1. The Balaban J connectivity index is 2.17. The van der Waals surface area contributed by atoms with Crippen LogP contribution in [0.4, 0.5) is 0 Å². The number of hydrogen-bond donors (Lipinski definition) is 2. The lowest BCUT2D eigenvalue weighted by Crippen LogP contribution is -2.50. The van der Waals surface area contributed by atoms with Gasteiger partial charge in [0.25, 0.3) is 0 Å². The summed E-state index contributed by atoms with van der Waals surface area (Å²) < 4.78 is 0. The molecule has 0 heterocycles. The van der Waals surface area contributed by atoms with Crippen LogP contribution in [-0.2, 0) is 4.79 Å². The Morgan fingerprint density at radius 2 is 2.12 bits per heavy atom. The minimum atomic E-state index is -0.185. The zero-order chi connectivity index (χ0) is 12.7. The molecule has 3 heteroatoms. The van der Waals surface area contributed by atoms with Crippen molar-refractivity contribution >= 4 is 5.91 Å². The Bertz CT molecular complexity index is 236. The minimum Gasteiger partial charge on any atom is -0.356 e. The average molecular weight is 240 g/mol. The molecular weight excluding hydrogens is 212 g/mol. The molecule has 0 spiro atoms. The van der Waals surface area contributed by atoms with E-state index in [9.17, 15) is 4.79 Å². The maximum absolute atomic E-state index is 11.8. The summed E-state index contributed by atoms with van der Waals surface area (Å²) in [5, 5.41) is 3.05. The van der Waals surface area contributed by atoms with E-state index in [0.717, 1.165) is 25.8 Å². The highest BCUT2D eigenvalue weighted by Gasteiger charge is 2.34. The van der Waals surface area contributed by atoms with Gasteiger partial charge in [0.05, 0.1) is 0 Å². The highest BCUT2D eigenvalue weighted by Crippen LogP contribution is 2.31. The summed E-state index contributed by atoms with van der Waals surface area (Å²) in [5.41, 5.74) is 5.88. The van der Waals surface area contributed by atoms with Crippen LogP contribution in [0.25, 0.3) is 0 Å². The average Bonchev–Trinajstić information content (AvgIpc) is 2.27. The number of amides is 1. The lowest BCUT2D eigenvalue weighted by molar-refractivity contribution is -0.123. The Labute approximate surface area is 106 Å². The first-order valence-electron chi connectivity index (χ1n) is 7.15. The molecule has 1 amide bonds. The van der Waals surface area contributed by atoms with E-state index < -0.39 is 0 Å². The third kappa shape index (κ3) is 5.07. The molecule has 3 nitrogen and oxygen atoms in total. The zero-order valence-corrected chi connectivity index (χ0v) is 11.4. The first-order chi connectivity index (χ1) is 8.09. The van der Waals surface area contributed by atoms with Crippen molar-refractivity contribution in [3.05, 3.63) is 0 Å². The van der Waals surface area contributed by atoms with E-state index in [1.165, 1.54) is 25.7 Å². The smallest absolute Gasteiger partial charge is 0.221 e. The van der Waals surface area contributed by atoms with Gasteiger partial charge in [0, 0.05) is 18.5 Å². The van der Waals surface area contributed by atoms with Gasteiger partial charge in [-0.3, -0.25) is 4.79 Å². The molecule has 1 saturated carbocycles. The Morgan fingerprint density at radius 3 is 2.59 bits per heavy atom. The fourth-order valence-electron chi connectivity index (χ4n) is 2.39. The van der Waals surface area contributed by atoms with Gasteiger partial charge in [0.15, 0.2) is 0 Å². The van der Waals surface area contributed by atoms with Crippen LogP contribution >= 0.6 is 0 Å². The van der Waals surface area contributed by atoms with Crippen molar-refractivity contribution in [3.63, 3.8) is 0 Å². The van der Waals surface area contributed by atoms with Gasteiger partial charge in [0.2, 0.25) is 5.91 Å². The van der Waals surface area contributed by atoms with Gasteiger partial charge in [-0.15, -0.1) is 0 Å². The maximum atomic E-state index is 11.8. The fourth-order valence-corrected chi connectivity index (χ4v) is 2.39. The molecule has 100 valence electrons. The van der Waals surface area contributed by atoms with Crippen LogP contribution < -0.4 is 11.1 Å². The lowest BCUT2D eigenvalue weighted by atomic mass is 9.75. The molecule has 0 aromatic carbocycles. The molecule has 0 bridgehead atoms. The molecule has 1 aliphatic carbocycles. The van der Waals surface area contributed by atoms with Crippen LogP contribution in [0.5, 0.6) is 0 Å². The van der Waals surface area contributed by atoms with Gasteiger partial charge >= 0.3 is 0 Å². The van der Waals surface area contributed by atoms with Crippen molar-refractivity contribution in [2.45, 2.75) is 70.8 Å². The van der Waals surface area contributed by atoms with E-state index in [4.69, 9.17) is 5.73 Å². The van der Waals surface area contributed by atoms with Gasteiger partial charge in [-0.25, -0.2) is 0 Å².